The van der Waals surface area contributed by atoms with E-state index in [1.165, 1.54) is 7.11 Å². The standard InChI is InChI=1S/C9H13NO3/c1-13-7(12)9-2-8(3-9,6-11)4-10-5-9/h6,10H,2-5H2,1H3. The maximum absolute atomic E-state index is 11.4. The molecule has 0 amide bonds. The maximum Gasteiger partial charge on any atom is 0.313 e. The molecule has 72 valence electrons. The molecule has 1 N–H and O–H groups in total. The number of hydrogen-bond donors (Lipinski definition) is 1. The van der Waals surface area contributed by atoms with Gasteiger partial charge in [-0.3, -0.25) is 4.79 Å². The van der Waals surface area contributed by atoms with Crippen LogP contribution < -0.4 is 5.32 Å². The van der Waals surface area contributed by atoms with Crippen LogP contribution in [-0.4, -0.2) is 32.5 Å². The van der Waals surface area contributed by atoms with E-state index in [2.05, 4.69) is 5.32 Å². The van der Waals surface area contributed by atoms with E-state index in [1.54, 1.807) is 0 Å². The Bertz CT molecular complexity index is 256. The third kappa shape index (κ3) is 1.01. The zero-order valence-corrected chi connectivity index (χ0v) is 7.63. The topological polar surface area (TPSA) is 55.4 Å². The molecule has 2 bridgehead atoms. The summed E-state index contributed by atoms with van der Waals surface area (Å²) in [5.74, 6) is -0.183. The first-order chi connectivity index (χ1) is 6.16. The number of piperidine rings is 2. The van der Waals surface area contributed by atoms with Gasteiger partial charge in [-0.25, -0.2) is 0 Å². The van der Waals surface area contributed by atoms with E-state index in [1.807, 2.05) is 0 Å². The van der Waals surface area contributed by atoms with Crippen molar-refractivity contribution in [3.63, 3.8) is 0 Å². The van der Waals surface area contributed by atoms with Crippen LogP contribution in [0.4, 0.5) is 0 Å². The first-order valence-corrected chi connectivity index (χ1v) is 4.42. The van der Waals surface area contributed by atoms with E-state index >= 15 is 0 Å². The number of esters is 1. The number of aldehydes is 1. The molecule has 3 aliphatic rings. The fourth-order valence-corrected chi connectivity index (χ4v) is 2.65. The lowest BCUT2D eigenvalue weighted by molar-refractivity contribution is -0.175. The number of hydrogen-bond acceptors (Lipinski definition) is 4. The van der Waals surface area contributed by atoms with E-state index < -0.39 is 5.41 Å². The van der Waals surface area contributed by atoms with Crippen LogP contribution in [-0.2, 0) is 14.3 Å². The van der Waals surface area contributed by atoms with E-state index in [4.69, 9.17) is 4.74 Å². The van der Waals surface area contributed by atoms with Gasteiger partial charge in [-0.1, -0.05) is 0 Å². The molecule has 3 fully saturated rings. The van der Waals surface area contributed by atoms with Crippen LogP contribution in [0, 0.1) is 10.8 Å². The lowest BCUT2D eigenvalue weighted by Crippen LogP contribution is -2.65. The Kier molecular flexibility index (Phi) is 1.70. The largest absolute Gasteiger partial charge is 0.469 e. The van der Waals surface area contributed by atoms with Gasteiger partial charge in [0.25, 0.3) is 0 Å². The molecular weight excluding hydrogens is 170 g/mol. The number of ether oxygens (including phenoxy) is 1. The zero-order valence-electron chi connectivity index (χ0n) is 7.63. The highest BCUT2D eigenvalue weighted by molar-refractivity contribution is 5.82. The first-order valence-electron chi connectivity index (χ1n) is 4.42. The van der Waals surface area contributed by atoms with Crippen LogP contribution in [0.1, 0.15) is 12.8 Å². The van der Waals surface area contributed by atoms with Gasteiger partial charge in [0.15, 0.2) is 0 Å². The minimum atomic E-state index is -0.409. The van der Waals surface area contributed by atoms with Crippen LogP contribution >= 0.6 is 0 Å². The van der Waals surface area contributed by atoms with E-state index in [-0.39, 0.29) is 11.4 Å². The van der Waals surface area contributed by atoms with Crippen LogP contribution in [0.5, 0.6) is 0 Å². The van der Waals surface area contributed by atoms with Crippen LogP contribution in [0.2, 0.25) is 0 Å². The molecule has 0 atom stereocenters. The summed E-state index contributed by atoms with van der Waals surface area (Å²) in [6.07, 6.45) is 2.28. The van der Waals surface area contributed by atoms with Gasteiger partial charge in [0.05, 0.1) is 12.5 Å². The Hall–Kier alpha value is -0.900. The molecule has 1 saturated carbocycles. The molecule has 3 rings (SSSR count). The van der Waals surface area contributed by atoms with Crippen molar-refractivity contribution in [3.05, 3.63) is 0 Å². The van der Waals surface area contributed by atoms with Crippen LogP contribution in [0.3, 0.4) is 0 Å². The smallest absolute Gasteiger partial charge is 0.313 e. The number of methoxy groups -OCH3 is 1. The second-order valence-corrected chi connectivity index (χ2v) is 4.21. The number of nitrogens with one attached hydrogen (secondary N) is 1. The highest BCUT2D eigenvalue weighted by Gasteiger charge is 2.62. The number of fused-ring (bicyclic) bond motifs is 2. The quantitative estimate of drug-likeness (QED) is 0.473. The van der Waals surface area contributed by atoms with Crippen molar-refractivity contribution in [1.82, 2.24) is 5.32 Å². The molecule has 1 aliphatic carbocycles. The van der Waals surface area contributed by atoms with Gasteiger partial charge in [0, 0.05) is 18.5 Å². The Morgan fingerprint density at radius 3 is 2.69 bits per heavy atom. The molecular formula is C9H13NO3. The monoisotopic (exact) mass is 183 g/mol. The minimum Gasteiger partial charge on any atom is -0.469 e. The Morgan fingerprint density at radius 2 is 2.15 bits per heavy atom. The Balaban J connectivity index is 2.14. The Labute approximate surface area is 76.6 Å². The molecule has 0 aromatic rings. The summed E-state index contributed by atoms with van der Waals surface area (Å²) < 4.78 is 4.73. The van der Waals surface area contributed by atoms with Gasteiger partial charge in [-0.05, 0) is 12.8 Å². The van der Waals surface area contributed by atoms with Gasteiger partial charge in [0.1, 0.15) is 6.29 Å². The average Bonchev–Trinajstić information content (AvgIpc) is 2.15. The zero-order chi connectivity index (χ0) is 9.53. The van der Waals surface area contributed by atoms with E-state index in [9.17, 15) is 9.59 Å². The van der Waals surface area contributed by atoms with E-state index in [0.29, 0.717) is 25.9 Å². The van der Waals surface area contributed by atoms with Crippen molar-refractivity contribution in [2.24, 2.45) is 10.8 Å². The number of rotatable bonds is 2. The first kappa shape index (κ1) is 8.69. The molecule has 2 saturated heterocycles. The third-order valence-corrected chi connectivity index (χ3v) is 3.19. The molecule has 2 aliphatic heterocycles. The van der Waals surface area contributed by atoms with Crippen molar-refractivity contribution in [2.75, 3.05) is 20.2 Å². The normalized spacial score (nSPS) is 41.9. The highest BCUT2D eigenvalue weighted by atomic mass is 16.5. The van der Waals surface area contributed by atoms with Crippen molar-refractivity contribution < 1.29 is 14.3 Å². The third-order valence-electron chi connectivity index (χ3n) is 3.19. The van der Waals surface area contributed by atoms with Crippen molar-refractivity contribution in [2.45, 2.75) is 12.8 Å². The van der Waals surface area contributed by atoms with Gasteiger partial charge in [-0.15, -0.1) is 0 Å². The molecule has 13 heavy (non-hydrogen) atoms. The molecule has 0 radical (unpaired) electrons. The lowest BCUT2D eigenvalue weighted by Gasteiger charge is -2.56. The van der Waals surface area contributed by atoms with Gasteiger partial charge in [-0.2, -0.15) is 0 Å². The van der Waals surface area contributed by atoms with E-state index in [0.717, 1.165) is 6.29 Å². The molecule has 4 nitrogen and oxygen atoms in total. The van der Waals surface area contributed by atoms with Gasteiger partial charge < -0.3 is 14.8 Å². The SMILES string of the molecule is COC(=O)C12CNCC(C=O)(C1)C2. The molecule has 0 unspecified atom stereocenters. The second-order valence-electron chi connectivity index (χ2n) is 4.21. The molecule has 0 aromatic heterocycles. The summed E-state index contributed by atoms with van der Waals surface area (Å²) >= 11 is 0. The van der Waals surface area contributed by atoms with Gasteiger partial charge in [0.2, 0.25) is 0 Å². The van der Waals surface area contributed by atoms with Crippen LogP contribution in [0.25, 0.3) is 0 Å². The van der Waals surface area contributed by atoms with Crippen molar-refractivity contribution in [3.8, 4) is 0 Å². The predicted octanol–water partition coefficient (Wildman–Crippen LogP) is -0.272. The predicted molar refractivity (Wildman–Crippen MR) is 45.0 cm³/mol. The summed E-state index contributed by atoms with van der Waals surface area (Å²) in [7, 11) is 1.40. The maximum atomic E-state index is 11.4. The minimum absolute atomic E-state index is 0.183. The summed E-state index contributed by atoms with van der Waals surface area (Å²) in [5.41, 5.74) is -0.694. The Morgan fingerprint density at radius 1 is 1.46 bits per heavy atom. The molecule has 2 heterocycles. The lowest BCUT2D eigenvalue weighted by atomic mass is 9.51. The fraction of sp³-hybridized carbons (Fsp3) is 0.778. The highest BCUT2D eigenvalue weighted by Crippen LogP contribution is 2.55. The fourth-order valence-electron chi connectivity index (χ4n) is 2.65. The average molecular weight is 183 g/mol. The van der Waals surface area contributed by atoms with Crippen molar-refractivity contribution >= 4 is 12.3 Å². The summed E-state index contributed by atoms with van der Waals surface area (Å²) in [6, 6.07) is 0. The molecule has 4 heteroatoms. The summed E-state index contributed by atoms with van der Waals surface area (Å²) in [4.78, 5) is 22.2. The summed E-state index contributed by atoms with van der Waals surface area (Å²) in [5, 5.41) is 3.10. The van der Waals surface area contributed by atoms with Crippen molar-refractivity contribution in [1.29, 1.82) is 0 Å². The van der Waals surface area contributed by atoms with Crippen LogP contribution in [0.15, 0.2) is 0 Å². The number of carbonyl (C=O) groups is 2. The molecule has 0 spiro atoms. The number of carbonyl (C=O) groups excluding carboxylic acids is 2. The van der Waals surface area contributed by atoms with Gasteiger partial charge >= 0.3 is 5.97 Å². The molecule has 0 aromatic carbocycles. The summed E-state index contributed by atoms with van der Waals surface area (Å²) in [6.45, 7) is 1.35. The second kappa shape index (κ2) is 2.54.